The maximum absolute atomic E-state index is 11.8. The van der Waals surface area contributed by atoms with Gasteiger partial charge in [-0.2, -0.15) is 0 Å². The molecule has 0 amide bonds. The van der Waals surface area contributed by atoms with Crippen molar-refractivity contribution in [3.8, 4) is 0 Å². The molecule has 18 heavy (non-hydrogen) atoms. The van der Waals surface area contributed by atoms with Crippen LogP contribution in [0.15, 0.2) is 30.3 Å². The molecular formula is C14H19NO3. The van der Waals surface area contributed by atoms with Gasteiger partial charge in [0.1, 0.15) is 11.9 Å². The van der Waals surface area contributed by atoms with Crippen molar-refractivity contribution in [2.45, 2.75) is 19.1 Å². The molecule has 1 aliphatic heterocycles. The van der Waals surface area contributed by atoms with Crippen LogP contribution in [-0.2, 0) is 9.53 Å². The molecule has 0 aliphatic carbocycles. The Morgan fingerprint density at radius 2 is 1.89 bits per heavy atom. The second-order valence-corrected chi connectivity index (χ2v) is 4.56. The second-order valence-electron chi connectivity index (χ2n) is 4.56. The van der Waals surface area contributed by atoms with Gasteiger partial charge in [-0.05, 0) is 12.5 Å². The standard InChI is InChI=1S/C14H19NO3/c1-11(16)13(15-7-9-18-10-8-15)14(17)12-5-3-2-4-6-12/h2-6,13-14,17H,7-10H2,1H3. The van der Waals surface area contributed by atoms with Crippen molar-refractivity contribution < 1.29 is 14.6 Å². The molecule has 2 unspecified atom stereocenters. The third-order valence-corrected chi connectivity index (χ3v) is 3.30. The Kier molecular flexibility index (Phi) is 4.47. The summed E-state index contributed by atoms with van der Waals surface area (Å²) in [5.74, 6) is -0.00625. The number of carbonyl (C=O) groups excluding carboxylic acids is 1. The fourth-order valence-corrected chi connectivity index (χ4v) is 2.37. The number of morpholine rings is 1. The number of ketones is 1. The van der Waals surface area contributed by atoms with E-state index in [-0.39, 0.29) is 5.78 Å². The molecule has 0 saturated carbocycles. The van der Waals surface area contributed by atoms with E-state index in [4.69, 9.17) is 4.74 Å². The van der Waals surface area contributed by atoms with Crippen LogP contribution in [0.3, 0.4) is 0 Å². The maximum Gasteiger partial charge on any atom is 0.149 e. The van der Waals surface area contributed by atoms with Gasteiger partial charge in [0.05, 0.1) is 19.3 Å². The molecule has 1 aromatic carbocycles. The number of benzene rings is 1. The lowest BCUT2D eigenvalue weighted by Crippen LogP contribution is -2.49. The fourth-order valence-electron chi connectivity index (χ4n) is 2.37. The van der Waals surface area contributed by atoms with E-state index in [1.54, 1.807) is 0 Å². The number of hydrogen-bond acceptors (Lipinski definition) is 4. The Balaban J connectivity index is 2.16. The first-order valence-electron chi connectivity index (χ1n) is 6.25. The molecule has 1 aliphatic rings. The molecule has 4 nitrogen and oxygen atoms in total. The lowest BCUT2D eigenvalue weighted by molar-refractivity contribution is -0.129. The van der Waals surface area contributed by atoms with E-state index >= 15 is 0 Å². The highest BCUT2D eigenvalue weighted by Gasteiger charge is 2.31. The first kappa shape index (κ1) is 13.2. The number of nitrogens with zero attached hydrogens (tertiary/aromatic N) is 1. The van der Waals surface area contributed by atoms with Gasteiger partial charge in [-0.1, -0.05) is 30.3 Å². The zero-order valence-corrected chi connectivity index (χ0v) is 10.6. The van der Waals surface area contributed by atoms with Crippen molar-refractivity contribution in [2.75, 3.05) is 26.3 Å². The van der Waals surface area contributed by atoms with Crippen LogP contribution in [0.5, 0.6) is 0 Å². The molecule has 0 spiro atoms. The van der Waals surface area contributed by atoms with Gasteiger partial charge in [0, 0.05) is 13.1 Å². The number of Topliss-reactive ketones (excluding diaryl/α,β-unsaturated/α-hetero) is 1. The quantitative estimate of drug-likeness (QED) is 0.865. The Labute approximate surface area is 107 Å². The summed E-state index contributed by atoms with van der Waals surface area (Å²) in [6.07, 6.45) is -0.776. The average Bonchev–Trinajstić information content (AvgIpc) is 2.40. The molecule has 2 atom stereocenters. The number of hydrogen-bond donors (Lipinski definition) is 1. The van der Waals surface area contributed by atoms with Crippen LogP contribution in [0.25, 0.3) is 0 Å². The Morgan fingerprint density at radius 1 is 1.28 bits per heavy atom. The first-order valence-corrected chi connectivity index (χ1v) is 6.25. The number of rotatable bonds is 4. The van der Waals surface area contributed by atoms with Gasteiger partial charge < -0.3 is 9.84 Å². The largest absolute Gasteiger partial charge is 0.386 e. The van der Waals surface area contributed by atoms with Gasteiger partial charge in [0.25, 0.3) is 0 Å². The van der Waals surface area contributed by atoms with E-state index in [1.807, 2.05) is 35.2 Å². The molecule has 4 heteroatoms. The SMILES string of the molecule is CC(=O)C(C(O)c1ccccc1)N1CCOCC1. The highest BCUT2D eigenvalue weighted by Crippen LogP contribution is 2.22. The lowest BCUT2D eigenvalue weighted by Gasteiger charge is -2.35. The van der Waals surface area contributed by atoms with Crippen LogP contribution >= 0.6 is 0 Å². The third-order valence-electron chi connectivity index (χ3n) is 3.30. The molecule has 0 aromatic heterocycles. The van der Waals surface area contributed by atoms with E-state index in [0.717, 1.165) is 5.56 Å². The van der Waals surface area contributed by atoms with Crippen LogP contribution in [0.1, 0.15) is 18.6 Å². The van der Waals surface area contributed by atoms with Crippen LogP contribution < -0.4 is 0 Å². The first-order chi connectivity index (χ1) is 8.70. The van der Waals surface area contributed by atoms with E-state index < -0.39 is 12.1 Å². The van der Waals surface area contributed by atoms with E-state index in [1.165, 1.54) is 6.92 Å². The Morgan fingerprint density at radius 3 is 2.44 bits per heavy atom. The minimum Gasteiger partial charge on any atom is -0.386 e. The van der Waals surface area contributed by atoms with E-state index in [2.05, 4.69) is 0 Å². The number of carbonyl (C=O) groups is 1. The van der Waals surface area contributed by atoms with Crippen LogP contribution in [-0.4, -0.2) is 48.1 Å². The monoisotopic (exact) mass is 249 g/mol. The zero-order chi connectivity index (χ0) is 13.0. The van der Waals surface area contributed by atoms with E-state index in [0.29, 0.717) is 26.3 Å². The second kappa shape index (κ2) is 6.09. The topological polar surface area (TPSA) is 49.8 Å². The molecule has 1 fully saturated rings. The summed E-state index contributed by atoms with van der Waals surface area (Å²) < 4.78 is 5.28. The zero-order valence-electron chi connectivity index (χ0n) is 10.6. The third kappa shape index (κ3) is 2.96. The Hall–Kier alpha value is -1.23. The van der Waals surface area contributed by atoms with E-state index in [9.17, 15) is 9.90 Å². The highest BCUT2D eigenvalue weighted by molar-refractivity contribution is 5.82. The average molecular weight is 249 g/mol. The summed E-state index contributed by atoms with van der Waals surface area (Å²) in [4.78, 5) is 13.8. The maximum atomic E-state index is 11.8. The molecular weight excluding hydrogens is 230 g/mol. The summed E-state index contributed by atoms with van der Waals surface area (Å²) in [5, 5.41) is 10.4. The lowest BCUT2D eigenvalue weighted by atomic mass is 9.98. The molecule has 1 aromatic rings. The minimum atomic E-state index is -0.776. The van der Waals surface area contributed by atoms with Crippen LogP contribution in [0, 0.1) is 0 Å². The summed E-state index contributed by atoms with van der Waals surface area (Å²) in [5.41, 5.74) is 0.782. The minimum absolute atomic E-state index is 0.00625. The molecule has 1 saturated heterocycles. The number of ether oxygens (including phenoxy) is 1. The molecule has 2 rings (SSSR count). The van der Waals surface area contributed by atoms with Gasteiger partial charge >= 0.3 is 0 Å². The predicted octanol–water partition coefficient (Wildman–Crippen LogP) is 1.01. The fraction of sp³-hybridized carbons (Fsp3) is 0.500. The smallest absolute Gasteiger partial charge is 0.149 e. The van der Waals surface area contributed by atoms with Gasteiger partial charge in [0.2, 0.25) is 0 Å². The molecule has 0 bridgehead atoms. The van der Waals surface area contributed by atoms with Crippen molar-refractivity contribution in [3.05, 3.63) is 35.9 Å². The van der Waals surface area contributed by atoms with Crippen LogP contribution in [0.2, 0.25) is 0 Å². The normalized spacial score (nSPS) is 20.3. The molecule has 1 N–H and O–H groups in total. The molecule has 1 heterocycles. The highest BCUT2D eigenvalue weighted by atomic mass is 16.5. The number of aliphatic hydroxyl groups excluding tert-OH is 1. The predicted molar refractivity (Wildman–Crippen MR) is 68.3 cm³/mol. The summed E-state index contributed by atoms with van der Waals surface area (Å²) in [6.45, 7) is 4.14. The summed E-state index contributed by atoms with van der Waals surface area (Å²) >= 11 is 0. The summed E-state index contributed by atoms with van der Waals surface area (Å²) in [6, 6.07) is 8.86. The van der Waals surface area contributed by atoms with Gasteiger partial charge in [-0.3, -0.25) is 9.69 Å². The van der Waals surface area contributed by atoms with Crippen molar-refractivity contribution in [1.82, 2.24) is 4.90 Å². The van der Waals surface area contributed by atoms with Crippen molar-refractivity contribution >= 4 is 5.78 Å². The number of aliphatic hydroxyl groups is 1. The molecule has 0 radical (unpaired) electrons. The Bertz CT molecular complexity index is 387. The summed E-state index contributed by atoms with van der Waals surface area (Å²) in [7, 11) is 0. The van der Waals surface area contributed by atoms with Gasteiger partial charge in [0.15, 0.2) is 0 Å². The van der Waals surface area contributed by atoms with Crippen molar-refractivity contribution in [1.29, 1.82) is 0 Å². The van der Waals surface area contributed by atoms with Gasteiger partial charge in [-0.25, -0.2) is 0 Å². The molecule has 98 valence electrons. The van der Waals surface area contributed by atoms with Crippen molar-refractivity contribution in [2.24, 2.45) is 0 Å². The van der Waals surface area contributed by atoms with Crippen LogP contribution in [0.4, 0.5) is 0 Å². The van der Waals surface area contributed by atoms with Gasteiger partial charge in [-0.15, -0.1) is 0 Å². The van der Waals surface area contributed by atoms with Crippen molar-refractivity contribution in [3.63, 3.8) is 0 Å².